The molecule has 19 heavy (non-hydrogen) atoms. The SMILES string of the molecule is Cc1ccc(Oc2ccc([N+](=O)[O-])cc2)cc1C=O. The second kappa shape index (κ2) is 5.30. The number of nitrogens with zero attached hydrogens (tertiary/aromatic N) is 1. The number of rotatable bonds is 4. The number of hydrogen-bond acceptors (Lipinski definition) is 4. The Bertz CT molecular complexity index is 620. The minimum Gasteiger partial charge on any atom is -0.457 e. The Morgan fingerprint density at radius 2 is 1.74 bits per heavy atom. The third kappa shape index (κ3) is 2.95. The van der Waals surface area contributed by atoms with Gasteiger partial charge in [0.2, 0.25) is 0 Å². The van der Waals surface area contributed by atoms with Gasteiger partial charge in [-0.1, -0.05) is 6.07 Å². The van der Waals surface area contributed by atoms with Crippen molar-refractivity contribution in [2.45, 2.75) is 6.92 Å². The fraction of sp³-hybridized carbons (Fsp3) is 0.0714. The molecule has 0 N–H and O–H groups in total. The standard InChI is InChI=1S/C14H11NO4/c1-10-2-5-14(8-11(10)9-16)19-13-6-3-12(4-7-13)15(17)18/h2-9H,1H3. The molecule has 0 atom stereocenters. The number of nitro groups is 1. The van der Waals surface area contributed by atoms with E-state index in [1.165, 1.54) is 24.3 Å². The monoisotopic (exact) mass is 257 g/mol. The Hall–Kier alpha value is -2.69. The molecule has 0 unspecified atom stereocenters. The molecule has 0 spiro atoms. The topological polar surface area (TPSA) is 69.4 Å². The van der Waals surface area contributed by atoms with Crippen LogP contribution in [-0.2, 0) is 0 Å². The predicted octanol–water partition coefficient (Wildman–Crippen LogP) is 3.51. The van der Waals surface area contributed by atoms with Crippen LogP contribution in [0.5, 0.6) is 11.5 Å². The van der Waals surface area contributed by atoms with Gasteiger partial charge in [0, 0.05) is 17.7 Å². The summed E-state index contributed by atoms with van der Waals surface area (Å²) in [5.41, 5.74) is 1.43. The maximum Gasteiger partial charge on any atom is 0.269 e. The smallest absolute Gasteiger partial charge is 0.269 e. The highest BCUT2D eigenvalue weighted by atomic mass is 16.6. The first kappa shape index (κ1) is 12.8. The lowest BCUT2D eigenvalue weighted by Crippen LogP contribution is -1.90. The first-order chi connectivity index (χ1) is 9.10. The minimum atomic E-state index is -0.472. The quantitative estimate of drug-likeness (QED) is 0.477. The molecule has 96 valence electrons. The average Bonchev–Trinajstić information content (AvgIpc) is 2.41. The normalized spacial score (nSPS) is 9.95. The molecule has 0 heterocycles. The number of carbonyl (C=O) groups excluding carboxylic acids is 1. The van der Waals surface area contributed by atoms with Crippen molar-refractivity contribution in [2.24, 2.45) is 0 Å². The number of aryl methyl sites for hydroxylation is 1. The van der Waals surface area contributed by atoms with Crippen LogP contribution in [0.3, 0.4) is 0 Å². The van der Waals surface area contributed by atoms with Gasteiger partial charge in [-0.15, -0.1) is 0 Å². The molecule has 0 amide bonds. The molecule has 0 aliphatic heterocycles. The lowest BCUT2D eigenvalue weighted by Gasteiger charge is -2.07. The molecule has 2 aromatic rings. The average molecular weight is 257 g/mol. The van der Waals surface area contributed by atoms with Crippen molar-refractivity contribution in [3.8, 4) is 11.5 Å². The second-order valence-electron chi connectivity index (χ2n) is 3.99. The van der Waals surface area contributed by atoms with Crippen LogP contribution in [0.15, 0.2) is 42.5 Å². The Kier molecular flexibility index (Phi) is 3.56. The zero-order valence-electron chi connectivity index (χ0n) is 10.2. The molecule has 0 saturated carbocycles. The van der Waals surface area contributed by atoms with Crippen LogP contribution >= 0.6 is 0 Å². The summed E-state index contributed by atoms with van der Waals surface area (Å²) in [6, 6.07) is 10.9. The predicted molar refractivity (Wildman–Crippen MR) is 69.7 cm³/mol. The second-order valence-corrected chi connectivity index (χ2v) is 3.99. The Labute approximate surface area is 109 Å². The number of hydrogen-bond donors (Lipinski definition) is 0. The lowest BCUT2D eigenvalue weighted by molar-refractivity contribution is -0.384. The molecule has 0 aliphatic carbocycles. The van der Waals surface area contributed by atoms with Gasteiger partial charge >= 0.3 is 0 Å². The van der Waals surface area contributed by atoms with Crippen LogP contribution in [0, 0.1) is 17.0 Å². The highest BCUT2D eigenvalue weighted by Crippen LogP contribution is 2.25. The fourth-order valence-electron chi connectivity index (χ4n) is 1.58. The van der Waals surface area contributed by atoms with E-state index >= 15 is 0 Å². The maximum atomic E-state index is 10.8. The largest absolute Gasteiger partial charge is 0.457 e. The molecule has 0 aliphatic rings. The van der Waals surface area contributed by atoms with E-state index in [9.17, 15) is 14.9 Å². The van der Waals surface area contributed by atoms with Crippen molar-refractivity contribution < 1.29 is 14.5 Å². The molecule has 5 heteroatoms. The molecule has 0 aromatic heterocycles. The molecule has 0 fully saturated rings. The molecular weight excluding hydrogens is 246 g/mol. The van der Waals surface area contributed by atoms with Crippen LogP contribution in [0.1, 0.15) is 15.9 Å². The lowest BCUT2D eigenvalue weighted by atomic mass is 10.1. The van der Waals surface area contributed by atoms with Crippen LogP contribution in [-0.4, -0.2) is 11.2 Å². The van der Waals surface area contributed by atoms with Gasteiger partial charge in [-0.05, 0) is 36.8 Å². The molecule has 2 aromatic carbocycles. The summed E-state index contributed by atoms with van der Waals surface area (Å²) in [4.78, 5) is 20.9. The zero-order valence-corrected chi connectivity index (χ0v) is 10.2. The highest BCUT2D eigenvalue weighted by molar-refractivity contribution is 5.77. The number of nitro benzene ring substituents is 1. The third-order valence-corrected chi connectivity index (χ3v) is 2.66. The van der Waals surface area contributed by atoms with E-state index in [1.54, 1.807) is 18.2 Å². The summed E-state index contributed by atoms with van der Waals surface area (Å²) in [6.07, 6.45) is 0.762. The van der Waals surface area contributed by atoms with Crippen molar-refractivity contribution >= 4 is 12.0 Å². The molecular formula is C14H11NO4. The highest BCUT2D eigenvalue weighted by Gasteiger charge is 2.06. The van der Waals surface area contributed by atoms with Crippen molar-refractivity contribution in [3.05, 3.63) is 63.7 Å². The maximum absolute atomic E-state index is 10.8. The molecule has 0 bridgehead atoms. The van der Waals surface area contributed by atoms with E-state index in [0.29, 0.717) is 17.1 Å². The van der Waals surface area contributed by atoms with Crippen molar-refractivity contribution in [1.29, 1.82) is 0 Å². The summed E-state index contributed by atoms with van der Waals surface area (Å²) >= 11 is 0. The fourth-order valence-corrected chi connectivity index (χ4v) is 1.58. The van der Waals surface area contributed by atoms with Crippen LogP contribution < -0.4 is 4.74 Å². The van der Waals surface area contributed by atoms with E-state index in [2.05, 4.69) is 0 Å². The third-order valence-electron chi connectivity index (χ3n) is 2.66. The van der Waals surface area contributed by atoms with E-state index in [-0.39, 0.29) is 5.69 Å². The number of carbonyl (C=O) groups is 1. The Morgan fingerprint density at radius 3 is 2.32 bits per heavy atom. The number of non-ortho nitro benzene ring substituents is 1. The summed E-state index contributed by atoms with van der Waals surface area (Å²) in [5, 5.41) is 10.5. The van der Waals surface area contributed by atoms with Gasteiger partial charge in [0.05, 0.1) is 4.92 Å². The van der Waals surface area contributed by atoms with Crippen molar-refractivity contribution in [3.63, 3.8) is 0 Å². The van der Waals surface area contributed by atoms with Gasteiger partial charge in [0.1, 0.15) is 17.8 Å². The summed E-state index contributed by atoms with van der Waals surface area (Å²) < 4.78 is 5.53. The molecule has 5 nitrogen and oxygen atoms in total. The van der Waals surface area contributed by atoms with E-state index < -0.39 is 4.92 Å². The van der Waals surface area contributed by atoms with Gasteiger partial charge in [-0.2, -0.15) is 0 Å². The van der Waals surface area contributed by atoms with E-state index in [1.807, 2.05) is 6.92 Å². The minimum absolute atomic E-state index is 0.00448. The number of ether oxygens (including phenoxy) is 1. The Morgan fingerprint density at radius 1 is 1.11 bits per heavy atom. The van der Waals surface area contributed by atoms with Crippen molar-refractivity contribution in [2.75, 3.05) is 0 Å². The number of aldehydes is 1. The van der Waals surface area contributed by atoms with Gasteiger partial charge in [0.15, 0.2) is 0 Å². The molecule has 2 rings (SSSR count). The zero-order chi connectivity index (χ0) is 13.8. The van der Waals surface area contributed by atoms with Gasteiger partial charge < -0.3 is 4.74 Å². The van der Waals surface area contributed by atoms with Gasteiger partial charge in [0.25, 0.3) is 5.69 Å². The van der Waals surface area contributed by atoms with Gasteiger partial charge in [-0.25, -0.2) is 0 Å². The molecule has 0 radical (unpaired) electrons. The van der Waals surface area contributed by atoms with E-state index in [4.69, 9.17) is 4.74 Å². The molecule has 0 saturated heterocycles. The Balaban J connectivity index is 2.21. The van der Waals surface area contributed by atoms with Crippen LogP contribution in [0.4, 0.5) is 5.69 Å². The summed E-state index contributed by atoms with van der Waals surface area (Å²) in [7, 11) is 0. The number of benzene rings is 2. The van der Waals surface area contributed by atoms with Crippen LogP contribution in [0.2, 0.25) is 0 Å². The van der Waals surface area contributed by atoms with E-state index in [0.717, 1.165) is 11.8 Å². The van der Waals surface area contributed by atoms with Crippen molar-refractivity contribution in [1.82, 2.24) is 0 Å². The van der Waals surface area contributed by atoms with Gasteiger partial charge in [-0.3, -0.25) is 14.9 Å². The summed E-state index contributed by atoms with van der Waals surface area (Å²) in [6.45, 7) is 1.83. The first-order valence-corrected chi connectivity index (χ1v) is 5.58. The van der Waals surface area contributed by atoms with Crippen LogP contribution in [0.25, 0.3) is 0 Å². The summed E-state index contributed by atoms with van der Waals surface area (Å²) in [5.74, 6) is 0.993. The first-order valence-electron chi connectivity index (χ1n) is 5.58.